The first-order chi connectivity index (χ1) is 9.33. The van der Waals surface area contributed by atoms with Gasteiger partial charge in [-0.15, -0.1) is 0 Å². The van der Waals surface area contributed by atoms with Crippen LogP contribution in [0.3, 0.4) is 0 Å². The van der Waals surface area contributed by atoms with E-state index in [1.807, 2.05) is 23.9 Å². The van der Waals surface area contributed by atoms with E-state index in [1.54, 1.807) is 0 Å². The largest absolute Gasteiger partial charge is 0.384 e. The Hall–Kier alpha value is -1.16. The van der Waals surface area contributed by atoms with Crippen LogP contribution in [0.25, 0.3) is 0 Å². The molecule has 0 bridgehead atoms. The first-order valence-electron chi connectivity index (χ1n) is 7.03. The number of carbonyl (C=O) groups is 1. The number of fused-ring (bicyclic) bond motifs is 1. The third kappa shape index (κ3) is 3.06. The third-order valence-corrected chi connectivity index (χ3v) is 5.01. The van der Waals surface area contributed by atoms with Crippen molar-refractivity contribution in [2.45, 2.75) is 25.3 Å². The lowest BCUT2D eigenvalue weighted by molar-refractivity contribution is -0.125. The Morgan fingerprint density at radius 3 is 2.89 bits per heavy atom. The zero-order chi connectivity index (χ0) is 13.1. The molecule has 0 aromatic heterocycles. The molecule has 102 valence electrons. The number of rotatable bonds is 2. The van der Waals surface area contributed by atoms with Crippen LogP contribution in [0.5, 0.6) is 0 Å². The average molecular weight is 276 g/mol. The predicted octanol–water partition coefficient (Wildman–Crippen LogP) is 2.28. The minimum Gasteiger partial charge on any atom is -0.384 e. The summed E-state index contributed by atoms with van der Waals surface area (Å²) in [5, 5.41) is 6.59. The third-order valence-electron chi connectivity index (χ3n) is 3.96. The molecule has 1 saturated heterocycles. The van der Waals surface area contributed by atoms with E-state index in [0.29, 0.717) is 6.04 Å². The molecular weight excluding hydrogens is 256 g/mol. The number of hydrogen-bond donors (Lipinski definition) is 2. The molecule has 1 aromatic rings. The van der Waals surface area contributed by atoms with Crippen molar-refractivity contribution >= 4 is 23.4 Å². The van der Waals surface area contributed by atoms with E-state index in [1.165, 1.54) is 22.8 Å². The van der Waals surface area contributed by atoms with E-state index in [-0.39, 0.29) is 11.8 Å². The topological polar surface area (TPSA) is 41.1 Å². The Balaban J connectivity index is 1.59. The van der Waals surface area contributed by atoms with E-state index in [2.05, 4.69) is 22.8 Å². The minimum absolute atomic E-state index is 0.0736. The van der Waals surface area contributed by atoms with Crippen molar-refractivity contribution in [3.8, 4) is 0 Å². The second-order valence-corrected chi connectivity index (χ2v) is 6.56. The zero-order valence-electron chi connectivity index (χ0n) is 11.0. The Morgan fingerprint density at radius 1 is 1.26 bits per heavy atom. The maximum Gasteiger partial charge on any atom is 0.225 e. The van der Waals surface area contributed by atoms with Gasteiger partial charge in [0.2, 0.25) is 5.91 Å². The SMILES string of the molecule is O=C(NC1CCSCC1)C1CNc2ccccc2C1. The van der Waals surface area contributed by atoms with Gasteiger partial charge >= 0.3 is 0 Å². The highest BCUT2D eigenvalue weighted by Crippen LogP contribution is 2.25. The highest BCUT2D eigenvalue weighted by Gasteiger charge is 2.26. The van der Waals surface area contributed by atoms with Gasteiger partial charge in [-0.05, 0) is 42.4 Å². The van der Waals surface area contributed by atoms with Gasteiger partial charge in [-0.2, -0.15) is 11.8 Å². The molecule has 1 unspecified atom stereocenters. The summed E-state index contributed by atoms with van der Waals surface area (Å²) >= 11 is 1.99. The molecule has 1 atom stereocenters. The molecule has 0 spiro atoms. The fraction of sp³-hybridized carbons (Fsp3) is 0.533. The number of hydrogen-bond acceptors (Lipinski definition) is 3. The smallest absolute Gasteiger partial charge is 0.225 e. The van der Waals surface area contributed by atoms with Crippen molar-refractivity contribution in [1.29, 1.82) is 0 Å². The van der Waals surface area contributed by atoms with E-state index >= 15 is 0 Å². The van der Waals surface area contributed by atoms with Gasteiger partial charge in [-0.3, -0.25) is 4.79 Å². The standard InChI is InChI=1S/C15H20N2OS/c18-15(17-13-5-7-19-8-6-13)12-9-11-3-1-2-4-14(11)16-10-12/h1-4,12-13,16H,5-10H2,(H,17,18). The van der Waals surface area contributed by atoms with Crippen LogP contribution >= 0.6 is 11.8 Å². The van der Waals surface area contributed by atoms with Crippen molar-refractivity contribution in [2.75, 3.05) is 23.4 Å². The fourth-order valence-electron chi connectivity index (χ4n) is 2.79. The van der Waals surface area contributed by atoms with E-state index in [0.717, 1.165) is 25.8 Å². The maximum absolute atomic E-state index is 12.3. The molecule has 3 rings (SSSR count). The Kier molecular flexibility index (Phi) is 3.97. The van der Waals surface area contributed by atoms with Crippen LogP contribution in [-0.4, -0.2) is 30.0 Å². The minimum atomic E-state index is 0.0736. The van der Waals surface area contributed by atoms with Crippen molar-refractivity contribution < 1.29 is 4.79 Å². The first kappa shape index (κ1) is 12.9. The zero-order valence-corrected chi connectivity index (χ0v) is 11.8. The quantitative estimate of drug-likeness (QED) is 0.871. The van der Waals surface area contributed by atoms with Crippen LogP contribution in [0.2, 0.25) is 0 Å². The number of benzene rings is 1. The fourth-order valence-corrected chi connectivity index (χ4v) is 3.89. The van der Waals surface area contributed by atoms with Gasteiger partial charge in [0, 0.05) is 18.3 Å². The summed E-state index contributed by atoms with van der Waals surface area (Å²) in [7, 11) is 0. The maximum atomic E-state index is 12.3. The van der Waals surface area contributed by atoms with Crippen molar-refractivity contribution in [3.05, 3.63) is 29.8 Å². The van der Waals surface area contributed by atoms with E-state index < -0.39 is 0 Å². The summed E-state index contributed by atoms with van der Waals surface area (Å²) in [6.45, 7) is 0.754. The van der Waals surface area contributed by atoms with Gasteiger partial charge in [0.1, 0.15) is 0 Å². The lowest BCUT2D eigenvalue weighted by Gasteiger charge is -2.28. The van der Waals surface area contributed by atoms with Gasteiger partial charge in [0.05, 0.1) is 5.92 Å². The molecule has 2 N–H and O–H groups in total. The molecule has 2 heterocycles. The number of thioether (sulfide) groups is 1. The van der Waals surface area contributed by atoms with Crippen LogP contribution in [0.4, 0.5) is 5.69 Å². The lowest BCUT2D eigenvalue weighted by atomic mass is 9.93. The molecule has 0 saturated carbocycles. The number of para-hydroxylation sites is 1. The summed E-state index contributed by atoms with van der Waals surface area (Å²) in [6, 6.07) is 8.66. The molecule has 3 nitrogen and oxygen atoms in total. The van der Waals surface area contributed by atoms with Gasteiger partial charge in [0.25, 0.3) is 0 Å². The highest BCUT2D eigenvalue weighted by atomic mass is 32.2. The summed E-state index contributed by atoms with van der Waals surface area (Å²) in [5.41, 5.74) is 2.44. The van der Waals surface area contributed by atoms with Crippen molar-refractivity contribution in [3.63, 3.8) is 0 Å². The summed E-state index contributed by atoms with van der Waals surface area (Å²) in [5.74, 6) is 2.65. The number of nitrogens with one attached hydrogen (secondary N) is 2. The Bertz CT molecular complexity index is 457. The monoisotopic (exact) mass is 276 g/mol. The van der Waals surface area contributed by atoms with Gasteiger partial charge in [0.15, 0.2) is 0 Å². The van der Waals surface area contributed by atoms with Crippen LogP contribution in [0, 0.1) is 5.92 Å². The molecule has 0 aliphatic carbocycles. The molecule has 2 aliphatic heterocycles. The first-order valence-corrected chi connectivity index (χ1v) is 8.18. The Morgan fingerprint density at radius 2 is 2.05 bits per heavy atom. The number of anilines is 1. The van der Waals surface area contributed by atoms with E-state index in [4.69, 9.17) is 0 Å². The van der Waals surface area contributed by atoms with Crippen molar-refractivity contribution in [2.24, 2.45) is 5.92 Å². The molecule has 1 amide bonds. The van der Waals surface area contributed by atoms with Gasteiger partial charge in [-0.25, -0.2) is 0 Å². The molecule has 0 radical (unpaired) electrons. The molecule has 19 heavy (non-hydrogen) atoms. The molecular formula is C15H20N2OS. The van der Waals surface area contributed by atoms with E-state index in [9.17, 15) is 4.79 Å². The van der Waals surface area contributed by atoms with Crippen LogP contribution in [0.1, 0.15) is 18.4 Å². The predicted molar refractivity (Wildman–Crippen MR) is 80.6 cm³/mol. The number of carbonyl (C=O) groups excluding carboxylic acids is 1. The molecule has 2 aliphatic rings. The van der Waals surface area contributed by atoms with Crippen LogP contribution < -0.4 is 10.6 Å². The van der Waals surface area contributed by atoms with Gasteiger partial charge < -0.3 is 10.6 Å². The molecule has 1 aromatic carbocycles. The normalized spacial score (nSPS) is 23.3. The second kappa shape index (κ2) is 5.87. The molecule has 1 fully saturated rings. The van der Waals surface area contributed by atoms with Gasteiger partial charge in [-0.1, -0.05) is 18.2 Å². The van der Waals surface area contributed by atoms with Crippen LogP contribution in [0.15, 0.2) is 24.3 Å². The average Bonchev–Trinajstić information content (AvgIpc) is 2.48. The summed E-state index contributed by atoms with van der Waals surface area (Å²) in [6.07, 6.45) is 3.09. The summed E-state index contributed by atoms with van der Waals surface area (Å²) < 4.78 is 0. The summed E-state index contributed by atoms with van der Waals surface area (Å²) in [4.78, 5) is 12.3. The lowest BCUT2D eigenvalue weighted by Crippen LogP contribution is -2.44. The molecule has 4 heteroatoms. The Labute approximate surface area is 118 Å². The van der Waals surface area contributed by atoms with Crippen LogP contribution in [-0.2, 0) is 11.2 Å². The second-order valence-electron chi connectivity index (χ2n) is 5.33. The van der Waals surface area contributed by atoms with Crippen molar-refractivity contribution in [1.82, 2.24) is 5.32 Å². The highest BCUT2D eigenvalue weighted by molar-refractivity contribution is 7.99. The number of amides is 1.